The normalized spacial score (nSPS) is 13.0. The minimum atomic E-state index is -0.148. The minimum absolute atomic E-state index is 0.148. The number of hydrogen-bond acceptors (Lipinski definition) is 2. The van der Waals surface area contributed by atoms with Gasteiger partial charge in [0.15, 0.2) is 0 Å². The van der Waals surface area contributed by atoms with E-state index in [0.717, 1.165) is 10.0 Å². The van der Waals surface area contributed by atoms with Gasteiger partial charge in [0.05, 0.1) is 0 Å². The van der Waals surface area contributed by atoms with Crippen molar-refractivity contribution in [3.8, 4) is 5.75 Å². The highest BCUT2D eigenvalue weighted by Crippen LogP contribution is 2.29. The Bertz CT molecular complexity index is 240. The molecule has 3 N–H and O–H groups in total. The molecule has 0 fully saturated rings. The van der Waals surface area contributed by atoms with Gasteiger partial charge in [-0.05, 0) is 19.1 Å². The molecule has 0 bridgehead atoms. The van der Waals surface area contributed by atoms with Crippen LogP contribution in [0.3, 0.4) is 0 Å². The highest BCUT2D eigenvalue weighted by Gasteiger charge is 2.08. The lowest BCUT2D eigenvalue weighted by Gasteiger charge is -2.09. The van der Waals surface area contributed by atoms with Gasteiger partial charge in [-0.25, -0.2) is 0 Å². The van der Waals surface area contributed by atoms with Crippen molar-refractivity contribution in [3.05, 3.63) is 28.2 Å². The number of benzene rings is 1. The molecule has 1 atom stereocenters. The summed E-state index contributed by atoms with van der Waals surface area (Å²) in [5.41, 5.74) is 6.38. The molecule has 1 unspecified atom stereocenters. The molecule has 0 spiro atoms. The van der Waals surface area contributed by atoms with Crippen LogP contribution in [0.15, 0.2) is 22.7 Å². The molecule has 1 rings (SSSR count). The number of aromatic hydroxyl groups is 1. The second-order valence-electron chi connectivity index (χ2n) is 2.46. The fourth-order valence-electron chi connectivity index (χ4n) is 0.976. The van der Waals surface area contributed by atoms with Crippen LogP contribution in [0, 0.1) is 0 Å². The maximum Gasteiger partial charge on any atom is 0.121 e. The molecule has 11 heavy (non-hydrogen) atoms. The van der Waals surface area contributed by atoms with Gasteiger partial charge in [-0.15, -0.1) is 0 Å². The van der Waals surface area contributed by atoms with Gasteiger partial charge >= 0.3 is 0 Å². The lowest BCUT2D eigenvalue weighted by Crippen LogP contribution is -2.05. The topological polar surface area (TPSA) is 46.2 Å². The van der Waals surface area contributed by atoms with Gasteiger partial charge in [0.2, 0.25) is 0 Å². The molecule has 0 aliphatic carbocycles. The van der Waals surface area contributed by atoms with E-state index in [2.05, 4.69) is 15.9 Å². The summed E-state index contributed by atoms with van der Waals surface area (Å²) in [6.45, 7) is 1.83. The van der Waals surface area contributed by atoms with Crippen LogP contribution in [0.1, 0.15) is 18.5 Å². The third-order valence-electron chi connectivity index (χ3n) is 1.49. The number of phenolic OH excluding ortho intramolecular Hbond substituents is 1. The fraction of sp³-hybridized carbons (Fsp3) is 0.250. The summed E-state index contributed by atoms with van der Waals surface area (Å²) >= 11 is 3.31. The molecular weight excluding hydrogens is 206 g/mol. The predicted molar refractivity (Wildman–Crippen MR) is 48.4 cm³/mol. The van der Waals surface area contributed by atoms with Crippen LogP contribution in [-0.2, 0) is 0 Å². The predicted octanol–water partition coefficient (Wildman–Crippen LogP) is 2.17. The molecule has 1 aromatic rings. The van der Waals surface area contributed by atoms with E-state index in [0.29, 0.717) is 0 Å². The minimum Gasteiger partial charge on any atom is -0.508 e. The van der Waals surface area contributed by atoms with E-state index in [9.17, 15) is 5.11 Å². The molecule has 0 aliphatic rings. The third-order valence-corrected chi connectivity index (χ3v) is 2.18. The van der Waals surface area contributed by atoms with E-state index in [1.807, 2.05) is 13.0 Å². The monoisotopic (exact) mass is 215 g/mol. The van der Waals surface area contributed by atoms with Crippen molar-refractivity contribution >= 4 is 15.9 Å². The van der Waals surface area contributed by atoms with Gasteiger partial charge in [-0.1, -0.05) is 22.0 Å². The first-order valence-electron chi connectivity index (χ1n) is 3.36. The summed E-state index contributed by atoms with van der Waals surface area (Å²) in [4.78, 5) is 0. The largest absolute Gasteiger partial charge is 0.508 e. The lowest BCUT2D eigenvalue weighted by atomic mass is 10.1. The van der Waals surface area contributed by atoms with Crippen LogP contribution >= 0.6 is 15.9 Å². The Hall–Kier alpha value is -0.540. The number of phenols is 1. The summed E-state index contributed by atoms with van der Waals surface area (Å²) in [6, 6.07) is 5.11. The second kappa shape index (κ2) is 3.24. The van der Waals surface area contributed by atoms with Gasteiger partial charge < -0.3 is 10.8 Å². The van der Waals surface area contributed by atoms with Crippen LogP contribution in [0.25, 0.3) is 0 Å². The number of halogens is 1. The van der Waals surface area contributed by atoms with Gasteiger partial charge in [0.1, 0.15) is 5.75 Å². The van der Waals surface area contributed by atoms with Crippen molar-refractivity contribution < 1.29 is 5.11 Å². The maximum absolute atomic E-state index is 9.35. The zero-order valence-electron chi connectivity index (χ0n) is 6.21. The Morgan fingerprint density at radius 3 is 2.55 bits per heavy atom. The SMILES string of the molecule is CC(N)c1c(O)cccc1Br. The Morgan fingerprint density at radius 2 is 2.18 bits per heavy atom. The smallest absolute Gasteiger partial charge is 0.121 e. The van der Waals surface area contributed by atoms with Crippen LogP contribution in [0.2, 0.25) is 0 Å². The fourth-order valence-corrected chi connectivity index (χ4v) is 1.69. The average Bonchev–Trinajstić information content (AvgIpc) is 1.85. The molecule has 0 radical (unpaired) electrons. The lowest BCUT2D eigenvalue weighted by molar-refractivity contribution is 0.463. The molecule has 2 nitrogen and oxygen atoms in total. The summed E-state index contributed by atoms with van der Waals surface area (Å²) in [7, 11) is 0. The van der Waals surface area contributed by atoms with Crippen molar-refractivity contribution in [2.45, 2.75) is 13.0 Å². The van der Waals surface area contributed by atoms with Crippen molar-refractivity contribution in [1.82, 2.24) is 0 Å². The Labute approximate surface area is 74.2 Å². The van der Waals surface area contributed by atoms with Crippen LogP contribution in [0.4, 0.5) is 0 Å². The first kappa shape index (κ1) is 8.56. The van der Waals surface area contributed by atoms with Crippen LogP contribution in [-0.4, -0.2) is 5.11 Å². The van der Waals surface area contributed by atoms with Gasteiger partial charge in [-0.3, -0.25) is 0 Å². The summed E-state index contributed by atoms with van der Waals surface area (Å²) < 4.78 is 0.854. The van der Waals surface area contributed by atoms with E-state index in [-0.39, 0.29) is 11.8 Å². The first-order chi connectivity index (χ1) is 5.13. The van der Waals surface area contributed by atoms with E-state index in [1.165, 1.54) is 0 Å². The second-order valence-corrected chi connectivity index (χ2v) is 3.32. The van der Waals surface area contributed by atoms with E-state index >= 15 is 0 Å². The molecule has 60 valence electrons. The molecule has 0 aromatic heterocycles. The quantitative estimate of drug-likeness (QED) is 0.755. The molecule has 0 saturated heterocycles. The van der Waals surface area contributed by atoms with Crippen LogP contribution in [0.5, 0.6) is 5.75 Å². The zero-order valence-corrected chi connectivity index (χ0v) is 7.80. The standard InChI is InChI=1S/C8H10BrNO/c1-5(10)8-6(9)3-2-4-7(8)11/h2-5,11H,10H2,1H3. The van der Waals surface area contributed by atoms with Gasteiger partial charge in [0, 0.05) is 16.1 Å². The Kier molecular flexibility index (Phi) is 2.52. The molecule has 0 amide bonds. The average molecular weight is 216 g/mol. The summed E-state index contributed by atoms with van der Waals surface area (Å²) in [6.07, 6.45) is 0. The number of nitrogens with two attached hydrogens (primary N) is 1. The summed E-state index contributed by atoms with van der Waals surface area (Å²) in [5, 5.41) is 9.35. The number of rotatable bonds is 1. The van der Waals surface area contributed by atoms with Crippen molar-refractivity contribution in [2.75, 3.05) is 0 Å². The van der Waals surface area contributed by atoms with Gasteiger partial charge in [0.25, 0.3) is 0 Å². The van der Waals surface area contributed by atoms with Crippen molar-refractivity contribution in [3.63, 3.8) is 0 Å². The van der Waals surface area contributed by atoms with Crippen molar-refractivity contribution in [2.24, 2.45) is 5.73 Å². The highest BCUT2D eigenvalue weighted by atomic mass is 79.9. The molecule has 0 saturated carbocycles. The molecule has 3 heteroatoms. The molecule has 0 heterocycles. The Morgan fingerprint density at radius 1 is 1.55 bits per heavy atom. The third kappa shape index (κ3) is 1.73. The molecular formula is C8H10BrNO. The molecule has 0 aliphatic heterocycles. The first-order valence-corrected chi connectivity index (χ1v) is 4.15. The Balaban J connectivity index is 3.21. The van der Waals surface area contributed by atoms with E-state index < -0.39 is 0 Å². The summed E-state index contributed by atoms with van der Waals surface area (Å²) in [5.74, 6) is 0.245. The van der Waals surface area contributed by atoms with Crippen molar-refractivity contribution in [1.29, 1.82) is 0 Å². The van der Waals surface area contributed by atoms with E-state index in [4.69, 9.17) is 5.73 Å². The number of hydrogen-bond donors (Lipinski definition) is 2. The van der Waals surface area contributed by atoms with Crippen LogP contribution < -0.4 is 5.73 Å². The van der Waals surface area contributed by atoms with E-state index in [1.54, 1.807) is 12.1 Å². The molecule has 1 aromatic carbocycles. The maximum atomic E-state index is 9.35. The highest BCUT2D eigenvalue weighted by molar-refractivity contribution is 9.10. The zero-order chi connectivity index (χ0) is 8.43. The van der Waals surface area contributed by atoms with Gasteiger partial charge in [-0.2, -0.15) is 0 Å².